The lowest BCUT2D eigenvalue weighted by Crippen LogP contribution is -2.25. The summed E-state index contributed by atoms with van der Waals surface area (Å²) >= 11 is 0. The molecule has 8 nitrogen and oxygen atoms in total. The Bertz CT molecular complexity index is 947. The van der Waals surface area contributed by atoms with E-state index < -0.39 is 13.9 Å². The van der Waals surface area contributed by atoms with Crippen LogP contribution in [0.5, 0.6) is 0 Å². The quantitative estimate of drug-likeness (QED) is 0.0214. The number of esters is 1. The number of carbonyl (C=O) groups is 1. The number of hydrogen-bond acceptors (Lipinski definition) is 7. The molecule has 0 aromatic rings. The predicted molar refractivity (Wildman–Crippen MR) is 210 cm³/mol. The van der Waals surface area contributed by atoms with Gasteiger partial charge in [0.15, 0.2) is 6.10 Å². The number of phosphoric ester groups is 1. The van der Waals surface area contributed by atoms with Crippen molar-refractivity contribution in [2.75, 3.05) is 26.4 Å². The average Bonchev–Trinajstić information content (AvgIpc) is 3.11. The molecule has 2 atom stereocenters. The van der Waals surface area contributed by atoms with Gasteiger partial charge in [0.05, 0.1) is 19.5 Å². The molecule has 0 spiro atoms. The van der Waals surface area contributed by atoms with E-state index in [9.17, 15) is 14.3 Å². The molecule has 50 heavy (non-hydrogen) atoms. The molecule has 0 heterocycles. The molecular formula is C41H74NO7P. The molecule has 0 aliphatic rings. The maximum atomic E-state index is 12.4. The van der Waals surface area contributed by atoms with E-state index in [4.69, 9.17) is 24.3 Å². The number of rotatable bonds is 37. The van der Waals surface area contributed by atoms with E-state index in [2.05, 4.69) is 62.5 Å². The molecular weight excluding hydrogens is 649 g/mol. The van der Waals surface area contributed by atoms with Gasteiger partial charge in [-0.25, -0.2) is 4.57 Å². The van der Waals surface area contributed by atoms with Crippen LogP contribution in [-0.4, -0.2) is 43.3 Å². The second kappa shape index (κ2) is 38.3. The third-order valence-corrected chi connectivity index (χ3v) is 8.99. The summed E-state index contributed by atoms with van der Waals surface area (Å²) in [7, 11) is -4.27. The van der Waals surface area contributed by atoms with Crippen LogP contribution in [0.1, 0.15) is 162 Å². The van der Waals surface area contributed by atoms with E-state index in [0.717, 1.165) is 70.6 Å². The van der Waals surface area contributed by atoms with Crippen LogP contribution in [0.4, 0.5) is 0 Å². The Balaban J connectivity index is 4.17. The van der Waals surface area contributed by atoms with Crippen molar-refractivity contribution in [2.45, 2.75) is 168 Å². The smallest absolute Gasteiger partial charge is 0.472 e. The fourth-order valence-electron chi connectivity index (χ4n) is 5.05. The van der Waals surface area contributed by atoms with Gasteiger partial charge in [-0.1, -0.05) is 127 Å². The molecule has 0 radical (unpaired) electrons. The van der Waals surface area contributed by atoms with Gasteiger partial charge in [0.1, 0.15) is 6.61 Å². The van der Waals surface area contributed by atoms with Crippen LogP contribution < -0.4 is 5.73 Å². The van der Waals surface area contributed by atoms with Crippen molar-refractivity contribution in [1.29, 1.82) is 0 Å². The molecule has 0 bridgehead atoms. The summed E-state index contributed by atoms with van der Waals surface area (Å²) in [5.41, 5.74) is 5.35. The van der Waals surface area contributed by atoms with Crippen molar-refractivity contribution in [3.63, 3.8) is 0 Å². The van der Waals surface area contributed by atoms with E-state index in [1.807, 2.05) is 6.08 Å². The lowest BCUT2D eigenvalue weighted by Gasteiger charge is -2.19. The highest BCUT2D eigenvalue weighted by atomic mass is 31.2. The summed E-state index contributed by atoms with van der Waals surface area (Å²) < 4.78 is 33.1. The van der Waals surface area contributed by atoms with Crippen molar-refractivity contribution < 1.29 is 32.8 Å². The number of phosphoric acid groups is 1. The first-order valence-corrected chi connectivity index (χ1v) is 21.3. The molecule has 0 amide bonds. The van der Waals surface area contributed by atoms with Gasteiger partial charge in [-0.2, -0.15) is 0 Å². The highest BCUT2D eigenvalue weighted by Gasteiger charge is 2.24. The molecule has 0 saturated carbocycles. The summed E-state index contributed by atoms with van der Waals surface area (Å²) in [6.45, 7) is 4.05. The van der Waals surface area contributed by atoms with Gasteiger partial charge in [-0.15, -0.1) is 0 Å². The molecule has 9 heteroatoms. The van der Waals surface area contributed by atoms with Crippen molar-refractivity contribution >= 4 is 13.8 Å². The summed E-state index contributed by atoms with van der Waals surface area (Å²) in [6.07, 6.45) is 46.2. The summed E-state index contributed by atoms with van der Waals surface area (Å²) in [6, 6.07) is 0. The van der Waals surface area contributed by atoms with Crippen LogP contribution in [0.15, 0.2) is 60.9 Å². The molecule has 3 N–H and O–H groups in total. The van der Waals surface area contributed by atoms with Gasteiger partial charge in [0.25, 0.3) is 0 Å². The Morgan fingerprint density at radius 3 is 1.72 bits per heavy atom. The first-order chi connectivity index (χ1) is 24.4. The topological polar surface area (TPSA) is 117 Å². The van der Waals surface area contributed by atoms with Gasteiger partial charge in [0, 0.05) is 13.0 Å². The van der Waals surface area contributed by atoms with E-state index in [-0.39, 0.29) is 32.3 Å². The van der Waals surface area contributed by atoms with Crippen molar-refractivity contribution in [2.24, 2.45) is 5.73 Å². The van der Waals surface area contributed by atoms with Crippen molar-refractivity contribution in [1.82, 2.24) is 0 Å². The van der Waals surface area contributed by atoms with Gasteiger partial charge < -0.3 is 20.1 Å². The molecule has 0 fully saturated rings. The lowest BCUT2D eigenvalue weighted by molar-refractivity contribution is -0.147. The monoisotopic (exact) mass is 724 g/mol. The number of allylic oxidation sites excluding steroid dienone is 9. The van der Waals surface area contributed by atoms with Crippen LogP contribution in [0.2, 0.25) is 0 Å². The Morgan fingerprint density at radius 2 is 1.14 bits per heavy atom. The van der Waals surface area contributed by atoms with Gasteiger partial charge >= 0.3 is 13.8 Å². The Hall–Kier alpha value is -1.96. The van der Waals surface area contributed by atoms with E-state index >= 15 is 0 Å². The normalized spacial score (nSPS) is 14.2. The minimum Gasteiger partial charge on any atom is -0.492 e. The molecule has 0 rings (SSSR count). The standard InChI is InChI=1S/C41H74NO7P/c1-3-5-7-9-11-13-15-17-19-21-23-25-27-29-31-33-36-46-40(39-49-50(44,45)48-37-35-42)38-47-41(43)34-32-30-28-26-24-22-20-18-16-14-12-10-8-6-4-2/h6,8,12-15,18,20,33,36,40H,3-5,7,9-11,16-17,19,21-32,34-35,37-39,42H2,1-2H3,(H,44,45). The molecule has 0 aliphatic carbocycles. The van der Waals surface area contributed by atoms with E-state index in [0.29, 0.717) is 6.42 Å². The fourth-order valence-corrected chi connectivity index (χ4v) is 5.81. The summed E-state index contributed by atoms with van der Waals surface area (Å²) in [5.74, 6) is -0.311. The Kier molecular flexibility index (Phi) is 36.8. The number of carbonyl (C=O) groups excluding carboxylic acids is 1. The SMILES string of the molecule is CCC=CCC=CCC=CCCCCCCCC(=O)OCC(COP(=O)(O)OCCN)OC=CCCCCCCCCC=CCCCCCC. The zero-order valence-corrected chi connectivity index (χ0v) is 32.8. The first-order valence-electron chi connectivity index (χ1n) is 19.8. The second-order valence-corrected chi connectivity index (χ2v) is 14.3. The summed E-state index contributed by atoms with van der Waals surface area (Å²) in [4.78, 5) is 22.2. The largest absolute Gasteiger partial charge is 0.492 e. The molecule has 0 aromatic carbocycles. The number of hydrogen-bond donors (Lipinski definition) is 2. The zero-order chi connectivity index (χ0) is 36.6. The number of ether oxygens (including phenoxy) is 2. The van der Waals surface area contributed by atoms with Crippen LogP contribution in [0.25, 0.3) is 0 Å². The average molecular weight is 724 g/mol. The van der Waals surface area contributed by atoms with Crippen LogP contribution in [0, 0.1) is 0 Å². The molecule has 2 unspecified atom stereocenters. The molecule has 0 aromatic heterocycles. The number of nitrogens with two attached hydrogens (primary N) is 1. The highest BCUT2D eigenvalue weighted by molar-refractivity contribution is 7.47. The van der Waals surface area contributed by atoms with Crippen molar-refractivity contribution in [3.8, 4) is 0 Å². The Labute approximate surface area is 306 Å². The third-order valence-electron chi connectivity index (χ3n) is 8.01. The van der Waals surface area contributed by atoms with Gasteiger partial charge in [-0.05, 0) is 83.1 Å². The lowest BCUT2D eigenvalue weighted by atomic mass is 10.1. The van der Waals surface area contributed by atoms with Crippen molar-refractivity contribution in [3.05, 3.63) is 60.9 Å². The minimum atomic E-state index is -4.27. The first kappa shape index (κ1) is 48.0. The van der Waals surface area contributed by atoms with E-state index in [1.54, 1.807) is 6.26 Å². The van der Waals surface area contributed by atoms with Crippen LogP contribution in [0.3, 0.4) is 0 Å². The number of unbranched alkanes of at least 4 members (excludes halogenated alkanes) is 16. The van der Waals surface area contributed by atoms with Crippen LogP contribution >= 0.6 is 7.82 Å². The van der Waals surface area contributed by atoms with Gasteiger partial charge in [-0.3, -0.25) is 13.8 Å². The maximum Gasteiger partial charge on any atom is 0.472 e. The predicted octanol–water partition coefficient (Wildman–Crippen LogP) is 11.8. The van der Waals surface area contributed by atoms with Gasteiger partial charge in [0.2, 0.25) is 0 Å². The summed E-state index contributed by atoms with van der Waals surface area (Å²) in [5, 5.41) is 0. The van der Waals surface area contributed by atoms with Crippen LogP contribution in [-0.2, 0) is 27.9 Å². The second-order valence-electron chi connectivity index (χ2n) is 12.8. The third kappa shape index (κ3) is 37.3. The van der Waals surface area contributed by atoms with E-state index in [1.165, 1.54) is 70.6 Å². The molecule has 0 saturated heterocycles. The minimum absolute atomic E-state index is 0.0783. The fraction of sp³-hybridized carbons (Fsp3) is 0.732. The zero-order valence-electron chi connectivity index (χ0n) is 31.9. The highest BCUT2D eigenvalue weighted by Crippen LogP contribution is 2.43. The maximum absolute atomic E-state index is 12.4. The Morgan fingerprint density at radius 1 is 0.640 bits per heavy atom. The molecule has 290 valence electrons. The molecule has 0 aliphatic heterocycles.